The second-order valence-electron chi connectivity index (χ2n) is 8.89. The van der Waals surface area contributed by atoms with Crippen molar-refractivity contribution < 1.29 is 33.9 Å². The summed E-state index contributed by atoms with van der Waals surface area (Å²) in [5.74, 6) is -1.87. The number of imide groups is 1. The van der Waals surface area contributed by atoms with E-state index in [2.05, 4.69) is 10.6 Å². The van der Waals surface area contributed by atoms with E-state index < -0.39 is 34.5 Å². The second kappa shape index (κ2) is 13.2. The maximum Gasteiger partial charge on any atom is 0.521 e. The molecule has 2 rings (SSSR count). The summed E-state index contributed by atoms with van der Waals surface area (Å²) in [4.78, 5) is 49.2. The van der Waals surface area contributed by atoms with Crippen LogP contribution in [-0.2, 0) is 20.8 Å². The molecule has 3 amide bonds. The van der Waals surface area contributed by atoms with Gasteiger partial charge in [-0.1, -0.05) is 30.3 Å². The summed E-state index contributed by atoms with van der Waals surface area (Å²) >= 11 is 0. The zero-order chi connectivity index (χ0) is 25.1. The van der Waals surface area contributed by atoms with Gasteiger partial charge >= 0.3 is 18.0 Å². The van der Waals surface area contributed by atoms with Crippen LogP contribution < -0.4 is 16.4 Å². The molecule has 0 saturated carbocycles. The lowest BCUT2D eigenvalue weighted by molar-refractivity contribution is -0.793. The van der Waals surface area contributed by atoms with Gasteiger partial charge in [0.15, 0.2) is 0 Å². The number of quaternary nitrogens is 1. The Morgan fingerprint density at radius 2 is 1.79 bits per heavy atom. The summed E-state index contributed by atoms with van der Waals surface area (Å²) in [7, 11) is 0. The van der Waals surface area contributed by atoms with Crippen LogP contribution in [0.2, 0.25) is 0 Å². The number of likely N-dealkylation sites (tertiary alicyclic amines) is 1. The quantitative estimate of drug-likeness (QED) is 0.211. The third-order valence-electron chi connectivity index (χ3n) is 6.61. The number of hydrogen-bond acceptors (Lipinski definition) is 6. The maximum absolute atomic E-state index is 13.6. The van der Waals surface area contributed by atoms with Crippen molar-refractivity contribution in [1.29, 1.82) is 0 Å². The van der Waals surface area contributed by atoms with Crippen molar-refractivity contribution in [2.75, 3.05) is 19.6 Å². The minimum atomic E-state index is -1.20. The summed E-state index contributed by atoms with van der Waals surface area (Å²) in [6.45, 7) is 2.22. The Bertz CT molecular complexity index is 849. The van der Waals surface area contributed by atoms with E-state index in [1.165, 1.54) is 0 Å². The molecule has 0 radical (unpaired) electrons. The molecule has 10 nitrogen and oxygen atoms in total. The molecule has 1 heterocycles. The van der Waals surface area contributed by atoms with Gasteiger partial charge < -0.3 is 21.3 Å². The molecular formula is C24H37N4O6+. The van der Waals surface area contributed by atoms with Crippen LogP contribution in [0.5, 0.6) is 0 Å². The normalized spacial score (nSPS) is 21.5. The average molecular weight is 478 g/mol. The monoisotopic (exact) mass is 477 g/mol. The summed E-state index contributed by atoms with van der Waals surface area (Å²) in [6.07, 6.45) is 2.14. The Labute approximate surface area is 200 Å². The number of amides is 3. The molecule has 1 unspecified atom stereocenters. The first kappa shape index (κ1) is 27.4. The summed E-state index contributed by atoms with van der Waals surface area (Å²) < 4.78 is -0.688. The Kier molecular flexibility index (Phi) is 10.6. The van der Waals surface area contributed by atoms with Crippen molar-refractivity contribution in [3.63, 3.8) is 0 Å². The van der Waals surface area contributed by atoms with Crippen molar-refractivity contribution in [2.24, 2.45) is 5.73 Å². The van der Waals surface area contributed by atoms with Gasteiger partial charge in [0, 0.05) is 19.4 Å². The molecule has 4 atom stereocenters. The van der Waals surface area contributed by atoms with E-state index in [-0.39, 0.29) is 37.9 Å². The van der Waals surface area contributed by atoms with Gasteiger partial charge in [-0.05, 0) is 44.6 Å². The van der Waals surface area contributed by atoms with Crippen LogP contribution in [0.15, 0.2) is 30.3 Å². The average Bonchev–Trinajstić information content (AvgIpc) is 3.22. The van der Waals surface area contributed by atoms with Gasteiger partial charge in [-0.3, -0.25) is 14.9 Å². The largest absolute Gasteiger partial charge is 0.521 e. The van der Waals surface area contributed by atoms with E-state index in [1.54, 1.807) is 6.92 Å². The number of unbranched alkanes of at least 4 members (excludes halogenated alkanes) is 1. The number of carbonyl (C=O) groups is 4. The summed E-state index contributed by atoms with van der Waals surface area (Å²) in [5, 5.41) is 25.4. The van der Waals surface area contributed by atoms with Crippen molar-refractivity contribution in [1.82, 2.24) is 10.6 Å². The highest BCUT2D eigenvalue weighted by Gasteiger charge is 2.55. The minimum absolute atomic E-state index is 0.110. The van der Waals surface area contributed by atoms with Gasteiger partial charge in [-0.2, -0.15) is 9.28 Å². The molecule has 0 aliphatic carbocycles. The Morgan fingerprint density at radius 1 is 1.09 bits per heavy atom. The standard InChI is InChI=1S/C24H36N4O6/c1-17-8-7-15-28(17,24(33)34)22(30)19(11-5-6-14-26-21(29)16-25)27-20(23(31)32)13-12-18-9-3-2-4-10-18/h2-4,9-10,17,19-20,27H,5-8,11-16,25H2,1H3,(H2-,26,29,31,32,33,34)/p+1/t17-,19+,20+,28?/m1/s1. The molecule has 1 aliphatic heterocycles. The summed E-state index contributed by atoms with van der Waals surface area (Å²) in [6, 6.07) is 7.14. The molecule has 6 N–H and O–H groups in total. The number of aliphatic carboxylic acids is 1. The highest BCUT2D eigenvalue weighted by atomic mass is 16.4. The molecule has 0 aromatic heterocycles. The lowest BCUT2D eigenvalue weighted by atomic mass is 10.0. The first-order chi connectivity index (χ1) is 16.2. The predicted octanol–water partition coefficient (Wildman–Crippen LogP) is 1.48. The van der Waals surface area contributed by atoms with E-state index in [0.717, 1.165) is 5.56 Å². The molecule has 10 heteroatoms. The number of nitrogens with zero attached hydrogens (tertiary/aromatic N) is 1. The van der Waals surface area contributed by atoms with Crippen LogP contribution in [-0.4, -0.2) is 76.3 Å². The van der Waals surface area contributed by atoms with E-state index in [1.807, 2.05) is 30.3 Å². The van der Waals surface area contributed by atoms with Crippen LogP contribution >= 0.6 is 0 Å². The first-order valence-electron chi connectivity index (χ1n) is 11.9. The highest BCUT2D eigenvalue weighted by molar-refractivity contribution is 5.85. The second-order valence-corrected chi connectivity index (χ2v) is 8.89. The summed E-state index contributed by atoms with van der Waals surface area (Å²) in [5.41, 5.74) is 6.26. The van der Waals surface area contributed by atoms with Crippen LogP contribution in [0.1, 0.15) is 51.0 Å². The van der Waals surface area contributed by atoms with Crippen molar-refractivity contribution in [2.45, 2.75) is 70.0 Å². The van der Waals surface area contributed by atoms with E-state index in [0.29, 0.717) is 38.6 Å². The Balaban J connectivity index is 2.15. The SMILES string of the molecule is C[C@@H]1CCC[N+]1(C(=O)O)C(=O)[C@H](CCCCNC(=O)CN)N[C@@H](CCc1ccccc1)C(=O)O. The molecule has 1 aromatic rings. The van der Waals surface area contributed by atoms with Crippen LogP contribution in [0.25, 0.3) is 0 Å². The third kappa shape index (κ3) is 7.09. The fourth-order valence-electron chi connectivity index (χ4n) is 4.59. The van der Waals surface area contributed by atoms with Gasteiger partial charge in [0.25, 0.3) is 0 Å². The van der Waals surface area contributed by atoms with Gasteiger partial charge in [0.05, 0.1) is 13.1 Å². The maximum atomic E-state index is 13.6. The molecule has 0 bridgehead atoms. The molecular weight excluding hydrogens is 440 g/mol. The van der Waals surface area contributed by atoms with Crippen molar-refractivity contribution >= 4 is 23.9 Å². The molecule has 1 fully saturated rings. The lowest BCUT2D eigenvalue weighted by Gasteiger charge is -2.34. The number of rotatable bonds is 13. The van der Waals surface area contributed by atoms with Gasteiger partial charge in [-0.15, -0.1) is 0 Å². The lowest BCUT2D eigenvalue weighted by Crippen LogP contribution is -2.65. The van der Waals surface area contributed by atoms with E-state index >= 15 is 0 Å². The van der Waals surface area contributed by atoms with Crippen LogP contribution in [0, 0.1) is 0 Å². The molecule has 1 aliphatic rings. The zero-order valence-electron chi connectivity index (χ0n) is 19.7. The molecule has 34 heavy (non-hydrogen) atoms. The number of nitrogens with two attached hydrogens (primary N) is 1. The van der Waals surface area contributed by atoms with Gasteiger partial charge in [0.2, 0.25) is 5.91 Å². The number of carbonyl (C=O) groups excluding carboxylic acids is 2. The zero-order valence-corrected chi connectivity index (χ0v) is 19.7. The molecule has 188 valence electrons. The van der Waals surface area contributed by atoms with E-state index in [9.17, 15) is 29.4 Å². The molecule has 0 spiro atoms. The van der Waals surface area contributed by atoms with Crippen LogP contribution in [0.3, 0.4) is 0 Å². The first-order valence-corrected chi connectivity index (χ1v) is 11.9. The fourth-order valence-corrected chi connectivity index (χ4v) is 4.59. The van der Waals surface area contributed by atoms with Gasteiger partial charge in [0.1, 0.15) is 18.1 Å². The van der Waals surface area contributed by atoms with E-state index in [4.69, 9.17) is 5.73 Å². The third-order valence-corrected chi connectivity index (χ3v) is 6.61. The van der Waals surface area contributed by atoms with Crippen LogP contribution in [0.4, 0.5) is 4.79 Å². The molecule has 1 aromatic carbocycles. The predicted molar refractivity (Wildman–Crippen MR) is 126 cm³/mol. The number of aryl methyl sites for hydroxylation is 1. The smallest absolute Gasteiger partial charge is 0.480 e. The topological polar surface area (TPSA) is 159 Å². The number of carboxylic acids is 1. The Hall–Kier alpha value is -2.82. The highest BCUT2D eigenvalue weighted by Crippen LogP contribution is 2.30. The Morgan fingerprint density at radius 3 is 2.35 bits per heavy atom. The van der Waals surface area contributed by atoms with Crippen molar-refractivity contribution in [3.05, 3.63) is 35.9 Å². The minimum Gasteiger partial charge on any atom is -0.480 e. The number of hydrogen-bond donors (Lipinski definition) is 5. The number of benzene rings is 1. The van der Waals surface area contributed by atoms with Crippen molar-refractivity contribution in [3.8, 4) is 0 Å². The van der Waals surface area contributed by atoms with Gasteiger partial charge in [-0.25, -0.2) is 4.79 Å². The number of carboxylic acid groups (broad SMARTS) is 2. The number of nitrogens with one attached hydrogen (secondary N) is 2. The fraction of sp³-hybridized carbons (Fsp3) is 0.583. The molecule has 1 saturated heterocycles.